The van der Waals surface area contributed by atoms with Crippen molar-refractivity contribution < 1.29 is 4.42 Å². The zero-order valence-electron chi connectivity index (χ0n) is 14.8. The predicted octanol–water partition coefficient (Wildman–Crippen LogP) is 4.39. The average Bonchev–Trinajstić information content (AvgIpc) is 3.27. The minimum atomic E-state index is 0.585. The molecule has 0 unspecified atom stereocenters. The molecule has 6 nitrogen and oxygen atoms in total. The highest BCUT2D eigenvalue weighted by molar-refractivity contribution is 6.05. The number of aryl methyl sites for hydroxylation is 1. The number of aromatic nitrogens is 4. The van der Waals surface area contributed by atoms with Crippen molar-refractivity contribution in [1.82, 2.24) is 19.7 Å². The van der Waals surface area contributed by atoms with E-state index in [1.807, 2.05) is 60.4 Å². The van der Waals surface area contributed by atoms with Gasteiger partial charge < -0.3 is 9.73 Å². The fraction of sp³-hybridized carbons (Fsp3) is 0.0952. The average molecular weight is 355 g/mol. The number of para-hydroxylation sites is 1. The van der Waals surface area contributed by atoms with Gasteiger partial charge in [-0.1, -0.05) is 42.5 Å². The van der Waals surface area contributed by atoms with Gasteiger partial charge in [-0.05, 0) is 12.1 Å². The van der Waals surface area contributed by atoms with Gasteiger partial charge in [-0.25, -0.2) is 9.97 Å². The fourth-order valence-electron chi connectivity index (χ4n) is 3.33. The molecular weight excluding hydrogens is 338 g/mol. The van der Waals surface area contributed by atoms with Gasteiger partial charge in [0.15, 0.2) is 11.4 Å². The molecule has 0 bridgehead atoms. The zero-order valence-corrected chi connectivity index (χ0v) is 14.8. The molecule has 27 heavy (non-hydrogen) atoms. The van der Waals surface area contributed by atoms with Gasteiger partial charge in [0.2, 0.25) is 0 Å². The van der Waals surface area contributed by atoms with E-state index in [9.17, 15) is 0 Å². The Morgan fingerprint density at radius 2 is 1.81 bits per heavy atom. The molecule has 3 aromatic heterocycles. The van der Waals surface area contributed by atoms with E-state index >= 15 is 0 Å². The van der Waals surface area contributed by atoms with E-state index in [2.05, 4.69) is 32.5 Å². The molecule has 0 aliphatic carbocycles. The highest BCUT2D eigenvalue weighted by Gasteiger charge is 2.14. The van der Waals surface area contributed by atoms with Crippen LogP contribution in [0.4, 0.5) is 5.82 Å². The molecule has 0 saturated heterocycles. The van der Waals surface area contributed by atoms with Crippen LogP contribution in [0.2, 0.25) is 0 Å². The van der Waals surface area contributed by atoms with Crippen molar-refractivity contribution in [2.75, 3.05) is 5.32 Å². The van der Waals surface area contributed by atoms with Gasteiger partial charge in [0.25, 0.3) is 0 Å². The summed E-state index contributed by atoms with van der Waals surface area (Å²) < 4.78 is 7.81. The number of hydrogen-bond acceptors (Lipinski definition) is 5. The monoisotopic (exact) mass is 355 g/mol. The summed E-state index contributed by atoms with van der Waals surface area (Å²) in [7, 11) is 1.93. The first-order valence-electron chi connectivity index (χ1n) is 8.73. The van der Waals surface area contributed by atoms with Crippen LogP contribution in [0.25, 0.3) is 33.3 Å². The highest BCUT2D eigenvalue weighted by atomic mass is 16.3. The van der Waals surface area contributed by atoms with Gasteiger partial charge in [-0.3, -0.25) is 4.68 Å². The number of rotatable bonds is 4. The number of nitrogens with one attached hydrogen (secondary N) is 1. The van der Waals surface area contributed by atoms with Gasteiger partial charge >= 0.3 is 0 Å². The maximum atomic E-state index is 5.98. The zero-order chi connectivity index (χ0) is 18.2. The van der Waals surface area contributed by atoms with E-state index in [0.717, 1.165) is 33.3 Å². The summed E-state index contributed by atoms with van der Waals surface area (Å²) >= 11 is 0. The summed E-state index contributed by atoms with van der Waals surface area (Å²) in [5, 5.41) is 8.99. The molecule has 0 fully saturated rings. The van der Waals surface area contributed by atoms with Crippen LogP contribution < -0.4 is 5.32 Å². The van der Waals surface area contributed by atoms with Crippen LogP contribution in [0, 0.1) is 0 Å². The second-order valence-corrected chi connectivity index (χ2v) is 6.39. The molecule has 2 aromatic carbocycles. The number of benzene rings is 2. The predicted molar refractivity (Wildman–Crippen MR) is 105 cm³/mol. The third-order valence-corrected chi connectivity index (χ3v) is 4.56. The van der Waals surface area contributed by atoms with Crippen LogP contribution in [0.1, 0.15) is 5.56 Å². The molecule has 0 aliphatic heterocycles. The molecule has 0 aliphatic rings. The second-order valence-electron chi connectivity index (χ2n) is 6.39. The van der Waals surface area contributed by atoms with Crippen LogP contribution in [-0.2, 0) is 13.6 Å². The number of anilines is 1. The van der Waals surface area contributed by atoms with Crippen molar-refractivity contribution in [3.05, 3.63) is 72.7 Å². The van der Waals surface area contributed by atoms with Crippen molar-refractivity contribution in [2.24, 2.45) is 7.05 Å². The first-order chi connectivity index (χ1) is 13.3. The molecule has 132 valence electrons. The molecular formula is C21H17N5O. The smallest absolute Gasteiger partial charge is 0.196 e. The third kappa shape index (κ3) is 2.71. The Balaban J connectivity index is 1.51. The fourth-order valence-corrected chi connectivity index (χ4v) is 3.33. The summed E-state index contributed by atoms with van der Waals surface area (Å²) in [6.45, 7) is 0.585. The lowest BCUT2D eigenvalue weighted by molar-refractivity contribution is 0.666. The van der Waals surface area contributed by atoms with Crippen molar-refractivity contribution in [3.8, 4) is 11.3 Å². The van der Waals surface area contributed by atoms with Gasteiger partial charge in [-0.2, -0.15) is 5.10 Å². The van der Waals surface area contributed by atoms with Crippen molar-refractivity contribution in [1.29, 1.82) is 0 Å². The Labute approximate surface area is 155 Å². The van der Waals surface area contributed by atoms with Crippen molar-refractivity contribution in [3.63, 3.8) is 0 Å². The van der Waals surface area contributed by atoms with E-state index in [-0.39, 0.29) is 0 Å². The molecule has 1 N–H and O–H groups in total. The van der Waals surface area contributed by atoms with E-state index < -0.39 is 0 Å². The normalized spacial score (nSPS) is 11.3. The van der Waals surface area contributed by atoms with Gasteiger partial charge in [0.05, 0.1) is 5.69 Å². The topological polar surface area (TPSA) is 68.8 Å². The molecule has 5 rings (SSSR count). The Morgan fingerprint density at radius 1 is 1.00 bits per heavy atom. The number of furan rings is 1. The Kier molecular flexibility index (Phi) is 3.60. The molecule has 5 aromatic rings. The van der Waals surface area contributed by atoms with E-state index in [0.29, 0.717) is 17.9 Å². The minimum Gasteiger partial charge on any atom is -0.450 e. The van der Waals surface area contributed by atoms with E-state index in [1.54, 1.807) is 6.33 Å². The van der Waals surface area contributed by atoms with Crippen LogP contribution in [0.3, 0.4) is 0 Å². The quantitative estimate of drug-likeness (QED) is 0.518. The Hall–Kier alpha value is -3.67. The van der Waals surface area contributed by atoms with Crippen molar-refractivity contribution >= 4 is 27.9 Å². The molecule has 0 radical (unpaired) electrons. The van der Waals surface area contributed by atoms with E-state index in [1.165, 1.54) is 0 Å². The molecule has 3 heterocycles. The second kappa shape index (κ2) is 6.25. The van der Waals surface area contributed by atoms with E-state index in [4.69, 9.17) is 4.42 Å². The molecule has 0 atom stereocenters. The standard InChI is InChI=1S/C21H17N5O/c1-26-12-15(18(25-26)14-7-3-2-4-8-14)11-22-21-20-19(23-13-24-21)16-9-5-6-10-17(16)27-20/h2-10,12-13H,11H2,1H3,(H,22,23,24). The lowest BCUT2D eigenvalue weighted by Crippen LogP contribution is -2.02. The minimum absolute atomic E-state index is 0.585. The van der Waals surface area contributed by atoms with Gasteiger partial charge in [0, 0.05) is 36.3 Å². The van der Waals surface area contributed by atoms with Gasteiger partial charge in [0.1, 0.15) is 17.4 Å². The maximum Gasteiger partial charge on any atom is 0.196 e. The largest absolute Gasteiger partial charge is 0.450 e. The number of hydrogen-bond donors (Lipinski definition) is 1. The van der Waals surface area contributed by atoms with Crippen LogP contribution in [-0.4, -0.2) is 19.7 Å². The van der Waals surface area contributed by atoms with Crippen molar-refractivity contribution in [2.45, 2.75) is 6.54 Å². The molecule has 0 saturated carbocycles. The lowest BCUT2D eigenvalue weighted by atomic mass is 10.1. The molecule has 0 spiro atoms. The summed E-state index contributed by atoms with van der Waals surface area (Å²) in [5.41, 5.74) is 5.43. The first-order valence-corrected chi connectivity index (χ1v) is 8.73. The SMILES string of the molecule is Cn1cc(CNc2ncnc3c2oc2ccccc23)c(-c2ccccc2)n1. The summed E-state index contributed by atoms with van der Waals surface area (Å²) in [6, 6.07) is 18.0. The third-order valence-electron chi connectivity index (χ3n) is 4.56. The van der Waals surface area contributed by atoms with Crippen LogP contribution in [0.15, 0.2) is 71.5 Å². The highest BCUT2D eigenvalue weighted by Crippen LogP contribution is 2.31. The summed E-state index contributed by atoms with van der Waals surface area (Å²) in [6.07, 6.45) is 3.58. The first kappa shape index (κ1) is 15.6. The van der Waals surface area contributed by atoms with Crippen LogP contribution in [0.5, 0.6) is 0 Å². The summed E-state index contributed by atoms with van der Waals surface area (Å²) in [4.78, 5) is 8.78. The molecule has 0 amide bonds. The summed E-state index contributed by atoms with van der Waals surface area (Å²) in [5.74, 6) is 0.680. The number of nitrogens with zero attached hydrogens (tertiary/aromatic N) is 4. The van der Waals surface area contributed by atoms with Crippen LogP contribution >= 0.6 is 0 Å². The molecule has 6 heteroatoms. The lowest BCUT2D eigenvalue weighted by Gasteiger charge is -2.06. The number of fused-ring (bicyclic) bond motifs is 3. The maximum absolute atomic E-state index is 5.98. The van der Waals surface area contributed by atoms with Gasteiger partial charge in [-0.15, -0.1) is 0 Å². The Bertz CT molecular complexity index is 1240. The Morgan fingerprint density at radius 3 is 2.70 bits per heavy atom.